The van der Waals surface area contributed by atoms with Gasteiger partial charge in [0.15, 0.2) is 5.96 Å². The summed E-state index contributed by atoms with van der Waals surface area (Å²) >= 11 is 0. The number of benzene rings is 2. The number of aliphatic imine (C=N–C) groups is 1. The molecule has 1 saturated heterocycles. The topological polar surface area (TPSA) is 48.9 Å². The van der Waals surface area contributed by atoms with Gasteiger partial charge in [-0.3, -0.25) is 4.99 Å². The van der Waals surface area contributed by atoms with Crippen molar-refractivity contribution in [2.75, 3.05) is 32.1 Å². The highest BCUT2D eigenvalue weighted by molar-refractivity contribution is 14.0. The van der Waals surface area contributed by atoms with Crippen molar-refractivity contribution in [2.24, 2.45) is 4.99 Å². The lowest BCUT2D eigenvalue weighted by molar-refractivity contribution is 0.184. The molecule has 5 nitrogen and oxygen atoms in total. The van der Waals surface area contributed by atoms with Gasteiger partial charge in [-0.2, -0.15) is 0 Å². The van der Waals surface area contributed by atoms with Crippen molar-refractivity contribution in [1.29, 1.82) is 0 Å². The molecule has 1 heterocycles. The molecule has 158 valence electrons. The predicted octanol–water partition coefficient (Wildman–Crippen LogP) is 4.48. The predicted molar refractivity (Wildman–Crippen MR) is 132 cm³/mol. The first-order valence-electron chi connectivity index (χ1n) is 10.1. The summed E-state index contributed by atoms with van der Waals surface area (Å²) in [5, 5.41) is 6.94. The maximum Gasteiger partial charge on any atom is 0.191 e. The van der Waals surface area contributed by atoms with Gasteiger partial charge in [-0.1, -0.05) is 36.4 Å². The molecule has 0 aliphatic carbocycles. The Bertz CT molecular complexity index is 790. The Balaban J connectivity index is 0.00000300. The van der Waals surface area contributed by atoms with Gasteiger partial charge < -0.3 is 20.3 Å². The average molecular weight is 508 g/mol. The number of nitrogens with one attached hydrogen (secondary N) is 2. The Kier molecular flexibility index (Phi) is 9.73. The first-order chi connectivity index (χ1) is 13.7. The lowest BCUT2D eigenvalue weighted by Crippen LogP contribution is -2.38. The van der Waals surface area contributed by atoms with Gasteiger partial charge in [0, 0.05) is 39.5 Å². The van der Waals surface area contributed by atoms with E-state index >= 15 is 0 Å². The largest absolute Gasteiger partial charge is 0.380 e. The molecule has 0 aromatic heterocycles. The number of rotatable bonds is 7. The van der Waals surface area contributed by atoms with Crippen molar-refractivity contribution in [3.63, 3.8) is 0 Å². The minimum absolute atomic E-state index is 0. The van der Waals surface area contributed by atoms with Crippen LogP contribution in [-0.2, 0) is 17.9 Å². The Hall–Kier alpha value is -1.80. The normalized spacial score (nSPS) is 15.0. The molecule has 0 bridgehead atoms. The van der Waals surface area contributed by atoms with Crippen LogP contribution < -0.4 is 15.5 Å². The van der Waals surface area contributed by atoms with E-state index in [0.29, 0.717) is 13.2 Å². The van der Waals surface area contributed by atoms with Crippen LogP contribution in [0.25, 0.3) is 0 Å². The van der Waals surface area contributed by atoms with E-state index in [-0.39, 0.29) is 30.0 Å². The van der Waals surface area contributed by atoms with Crippen molar-refractivity contribution >= 4 is 35.6 Å². The van der Waals surface area contributed by atoms with E-state index in [9.17, 15) is 0 Å². The zero-order valence-electron chi connectivity index (χ0n) is 17.6. The first-order valence-corrected chi connectivity index (χ1v) is 10.1. The van der Waals surface area contributed by atoms with Crippen LogP contribution in [-0.4, -0.2) is 33.2 Å². The van der Waals surface area contributed by atoms with Crippen LogP contribution in [0.1, 0.15) is 42.5 Å². The smallest absolute Gasteiger partial charge is 0.191 e. The van der Waals surface area contributed by atoms with E-state index in [2.05, 4.69) is 69.9 Å². The van der Waals surface area contributed by atoms with Gasteiger partial charge >= 0.3 is 0 Å². The number of guanidine groups is 1. The van der Waals surface area contributed by atoms with Crippen LogP contribution >= 0.6 is 24.0 Å². The lowest BCUT2D eigenvalue weighted by Gasteiger charge is -2.22. The highest BCUT2D eigenvalue weighted by Gasteiger charge is 2.14. The number of methoxy groups -OCH3 is 1. The molecule has 1 aliphatic heterocycles. The van der Waals surface area contributed by atoms with E-state index < -0.39 is 0 Å². The van der Waals surface area contributed by atoms with E-state index in [1.165, 1.54) is 35.2 Å². The van der Waals surface area contributed by atoms with Crippen molar-refractivity contribution in [2.45, 2.75) is 39.0 Å². The molecule has 1 atom stereocenters. The van der Waals surface area contributed by atoms with Gasteiger partial charge in [-0.15, -0.1) is 24.0 Å². The van der Waals surface area contributed by atoms with Crippen LogP contribution in [0.2, 0.25) is 0 Å². The van der Waals surface area contributed by atoms with Crippen LogP contribution in [0.15, 0.2) is 53.5 Å². The number of hydrogen-bond acceptors (Lipinski definition) is 3. The molecule has 0 saturated carbocycles. The monoisotopic (exact) mass is 508 g/mol. The first kappa shape index (κ1) is 23.5. The minimum atomic E-state index is 0. The van der Waals surface area contributed by atoms with Crippen LogP contribution in [0.3, 0.4) is 0 Å². The Labute approximate surface area is 192 Å². The third-order valence-electron chi connectivity index (χ3n) is 5.28. The van der Waals surface area contributed by atoms with E-state index in [4.69, 9.17) is 4.74 Å². The van der Waals surface area contributed by atoms with Gasteiger partial charge in [-0.25, -0.2) is 0 Å². The maximum atomic E-state index is 5.30. The second kappa shape index (κ2) is 12.0. The fourth-order valence-corrected chi connectivity index (χ4v) is 3.65. The molecular formula is C23H33IN4O. The van der Waals surface area contributed by atoms with Gasteiger partial charge in [0.1, 0.15) is 0 Å². The number of nitrogens with zero attached hydrogens (tertiary/aromatic N) is 2. The Morgan fingerprint density at radius 1 is 1.10 bits per heavy atom. The summed E-state index contributed by atoms with van der Waals surface area (Å²) in [5.74, 6) is 0.797. The zero-order valence-corrected chi connectivity index (χ0v) is 20.0. The van der Waals surface area contributed by atoms with Gasteiger partial charge in [0.05, 0.1) is 12.6 Å². The van der Waals surface area contributed by atoms with Gasteiger partial charge in [0.2, 0.25) is 0 Å². The SMILES string of the molecule is CN=C(NCc1ccccc1COC)NC(C)c1cccc(N2CCCC2)c1.I. The third kappa shape index (κ3) is 6.60. The maximum absolute atomic E-state index is 5.30. The second-order valence-electron chi connectivity index (χ2n) is 7.28. The summed E-state index contributed by atoms with van der Waals surface area (Å²) in [4.78, 5) is 6.87. The van der Waals surface area contributed by atoms with Crippen LogP contribution in [0, 0.1) is 0 Å². The fraction of sp³-hybridized carbons (Fsp3) is 0.435. The lowest BCUT2D eigenvalue weighted by atomic mass is 10.1. The number of anilines is 1. The summed E-state index contributed by atoms with van der Waals surface area (Å²) < 4.78 is 5.30. The average Bonchev–Trinajstić information content (AvgIpc) is 3.27. The summed E-state index contributed by atoms with van der Waals surface area (Å²) in [5.41, 5.74) is 5.00. The molecule has 2 aromatic carbocycles. The van der Waals surface area contributed by atoms with Crippen molar-refractivity contribution in [1.82, 2.24) is 10.6 Å². The molecule has 0 spiro atoms. The van der Waals surface area contributed by atoms with E-state index in [1.807, 2.05) is 13.1 Å². The molecule has 3 rings (SSSR count). The highest BCUT2D eigenvalue weighted by Crippen LogP contribution is 2.24. The zero-order chi connectivity index (χ0) is 19.8. The number of hydrogen-bond donors (Lipinski definition) is 2. The van der Waals surface area contributed by atoms with Crippen molar-refractivity contribution < 1.29 is 4.74 Å². The van der Waals surface area contributed by atoms with E-state index in [1.54, 1.807) is 7.11 Å². The number of ether oxygens (including phenoxy) is 1. The summed E-state index contributed by atoms with van der Waals surface area (Å²) in [6.45, 7) is 5.82. The fourth-order valence-electron chi connectivity index (χ4n) is 3.65. The molecule has 29 heavy (non-hydrogen) atoms. The Morgan fingerprint density at radius 2 is 1.83 bits per heavy atom. The van der Waals surface area contributed by atoms with E-state index in [0.717, 1.165) is 19.0 Å². The second-order valence-corrected chi connectivity index (χ2v) is 7.28. The molecule has 0 amide bonds. The van der Waals surface area contributed by atoms with Gasteiger partial charge in [0.25, 0.3) is 0 Å². The summed E-state index contributed by atoms with van der Waals surface area (Å²) in [6, 6.07) is 17.3. The quantitative estimate of drug-likeness (QED) is 0.329. The summed E-state index contributed by atoms with van der Waals surface area (Å²) in [6.07, 6.45) is 2.58. The van der Waals surface area contributed by atoms with Crippen LogP contribution in [0.5, 0.6) is 0 Å². The number of halogens is 1. The Morgan fingerprint density at radius 3 is 2.52 bits per heavy atom. The molecular weight excluding hydrogens is 475 g/mol. The van der Waals surface area contributed by atoms with Crippen LogP contribution in [0.4, 0.5) is 5.69 Å². The summed E-state index contributed by atoms with van der Waals surface area (Å²) in [7, 11) is 3.53. The molecule has 6 heteroatoms. The molecule has 2 aromatic rings. The van der Waals surface area contributed by atoms with Crippen molar-refractivity contribution in [3.8, 4) is 0 Å². The standard InChI is InChI=1S/C23H32N4O.HI/c1-18(19-11-8-12-22(15-19)27-13-6-7-14-27)26-23(24-2)25-16-20-9-4-5-10-21(20)17-28-3;/h4-5,8-12,15,18H,6-7,13-14,16-17H2,1-3H3,(H2,24,25,26);1H. The third-order valence-corrected chi connectivity index (χ3v) is 5.28. The molecule has 0 radical (unpaired) electrons. The molecule has 1 unspecified atom stereocenters. The minimum Gasteiger partial charge on any atom is -0.380 e. The molecule has 1 fully saturated rings. The molecule has 1 aliphatic rings. The van der Waals surface area contributed by atoms with Crippen molar-refractivity contribution in [3.05, 3.63) is 65.2 Å². The highest BCUT2D eigenvalue weighted by atomic mass is 127. The molecule has 2 N–H and O–H groups in total. The van der Waals surface area contributed by atoms with Gasteiger partial charge in [-0.05, 0) is 48.6 Å².